The summed E-state index contributed by atoms with van der Waals surface area (Å²) in [5.41, 5.74) is 7.37. The second kappa shape index (κ2) is 6.31. The van der Waals surface area contributed by atoms with Gasteiger partial charge in [-0.1, -0.05) is 75.4 Å². The molecule has 0 amide bonds. The molecule has 2 rings (SSSR count). The first-order valence-electron chi connectivity index (χ1n) is 7.15. The number of aromatic nitrogens is 1. The number of hydrogen-bond donors (Lipinski definition) is 1. The van der Waals surface area contributed by atoms with E-state index in [0.717, 1.165) is 44.4 Å². The summed E-state index contributed by atoms with van der Waals surface area (Å²) in [5, 5.41) is 1.13. The van der Waals surface area contributed by atoms with Crippen molar-refractivity contribution < 1.29 is 0 Å². The summed E-state index contributed by atoms with van der Waals surface area (Å²) in [6.45, 7) is 21.5. The number of fused-ring (bicyclic) bond motifs is 1. The van der Waals surface area contributed by atoms with Crippen molar-refractivity contribution >= 4 is 28.6 Å². The van der Waals surface area contributed by atoms with Gasteiger partial charge in [0.2, 0.25) is 0 Å². The number of nitrogens with one attached hydrogen (secondary N) is 1. The quantitative estimate of drug-likeness (QED) is 0.620. The van der Waals surface area contributed by atoms with Crippen LogP contribution >= 0.6 is 0 Å². The van der Waals surface area contributed by atoms with E-state index in [9.17, 15) is 0 Å². The molecule has 1 heteroatoms. The minimum atomic E-state index is 0.965. The fourth-order valence-corrected chi connectivity index (χ4v) is 2.84. The summed E-state index contributed by atoms with van der Waals surface area (Å²) in [7, 11) is 0. The van der Waals surface area contributed by atoms with E-state index in [1.807, 2.05) is 18.2 Å². The van der Waals surface area contributed by atoms with Gasteiger partial charge >= 0.3 is 0 Å². The molecule has 0 saturated carbocycles. The van der Waals surface area contributed by atoms with Gasteiger partial charge < -0.3 is 4.98 Å². The molecule has 1 aromatic carbocycles. The largest absolute Gasteiger partial charge is 0.358 e. The molecule has 2 aromatic rings. The molecule has 1 heterocycles. The maximum Gasteiger partial charge on any atom is 0.0541 e. The molecule has 0 aliphatic heterocycles. The van der Waals surface area contributed by atoms with Gasteiger partial charge in [-0.15, -0.1) is 0 Å². The molecule has 0 unspecified atom stereocenters. The number of aromatic amines is 1. The number of aryl methyl sites for hydroxylation is 1. The topological polar surface area (TPSA) is 15.8 Å². The van der Waals surface area contributed by atoms with Gasteiger partial charge in [0, 0.05) is 22.2 Å². The van der Waals surface area contributed by atoms with Crippen molar-refractivity contribution in [3.8, 4) is 0 Å². The fourth-order valence-electron chi connectivity index (χ4n) is 2.84. The van der Waals surface area contributed by atoms with Crippen LogP contribution in [0.3, 0.4) is 0 Å². The lowest BCUT2D eigenvalue weighted by atomic mass is 9.95. The number of H-pyrrole nitrogens is 1. The Labute approximate surface area is 132 Å². The Balaban J connectivity index is 2.95. The van der Waals surface area contributed by atoms with Gasteiger partial charge in [-0.2, -0.15) is 0 Å². The molecule has 0 bridgehead atoms. The lowest BCUT2D eigenvalue weighted by Gasteiger charge is -2.08. The van der Waals surface area contributed by atoms with E-state index in [2.05, 4.69) is 56.9 Å². The van der Waals surface area contributed by atoms with E-state index in [1.165, 1.54) is 0 Å². The second-order valence-corrected chi connectivity index (χ2v) is 5.01. The Hall–Kier alpha value is -2.80. The van der Waals surface area contributed by atoms with Gasteiger partial charge in [0.25, 0.3) is 0 Å². The average Bonchev–Trinajstić information content (AvgIpc) is 2.87. The third-order valence-corrected chi connectivity index (χ3v) is 3.88. The Morgan fingerprint density at radius 1 is 0.955 bits per heavy atom. The van der Waals surface area contributed by atoms with Crippen molar-refractivity contribution in [2.24, 2.45) is 0 Å². The zero-order valence-corrected chi connectivity index (χ0v) is 13.1. The van der Waals surface area contributed by atoms with E-state index in [-0.39, 0.29) is 0 Å². The molecule has 1 nitrogen and oxygen atoms in total. The fraction of sp³-hybridized carbons (Fsp3) is 0.0476. The van der Waals surface area contributed by atoms with Crippen LogP contribution in [0.4, 0.5) is 0 Å². The highest BCUT2D eigenvalue weighted by Gasteiger charge is 2.15. The highest BCUT2D eigenvalue weighted by Crippen LogP contribution is 2.35. The van der Waals surface area contributed by atoms with E-state index < -0.39 is 0 Å². The molecule has 0 aliphatic carbocycles. The van der Waals surface area contributed by atoms with Gasteiger partial charge in [0.15, 0.2) is 0 Å². The van der Waals surface area contributed by atoms with Crippen LogP contribution in [0, 0.1) is 6.92 Å². The molecule has 0 saturated heterocycles. The molecule has 110 valence electrons. The first-order chi connectivity index (χ1) is 10.6. The van der Waals surface area contributed by atoms with Crippen LogP contribution in [0.15, 0.2) is 68.8 Å². The molecule has 0 aliphatic rings. The Kier molecular flexibility index (Phi) is 4.47. The summed E-state index contributed by atoms with van der Waals surface area (Å²) in [6, 6.07) is 4.16. The molecule has 1 aromatic heterocycles. The van der Waals surface area contributed by atoms with Crippen LogP contribution in [0.25, 0.3) is 28.6 Å². The maximum atomic E-state index is 3.95. The van der Waals surface area contributed by atoms with Crippen molar-refractivity contribution in [2.75, 3.05) is 0 Å². The predicted octanol–water partition coefficient (Wildman–Crippen LogP) is 6.07. The van der Waals surface area contributed by atoms with Crippen LogP contribution in [-0.4, -0.2) is 4.98 Å². The summed E-state index contributed by atoms with van der Waals surface area (Å²) in [4.78, 5) is 3.47. The van der Waals surface area contributed by atoms with Crippen LogP contribution in [0.1, 0.15) is 22.4 Å². The molecule has 0 fully saturated rings. The monoisotopic (exact) mass is 287 g/mol. The summed E-state index contributed by atoms with van der Waals surface area (Å²) < 4.78 is 0. The van der Waals surface area contributed by atoms with Crippen LogP contribution in [0.5, 0.6) is 0 Å². The lowest BCUT2D eigenvalue weighted by molar-refractivity contribution is 1.28. The minimum Gasteiger partial charge on any atom is -0.358 e. The van der Waals surface area contributed by atoms with Crippen LogP contribution in [-0.2, 0) is 0 Å². The molecule has 0 radical (unpaired) electrons. The van der Waals surface area contributed by atoms with Gasteiger partial charge in [-0.3, -0.25) is 0 Å². The highest BCUT2D eigenvalue weighted by atomic mass is 14.7. The SMILES string of the molecule is C=CC(C=C)=C(C=C)c1c(C)[nH]c2c(C=C)c(C=C)ccc12. The van der Waals surface area contributed by atoms with Crippen molar-refractivity contribution in [3.05, 3.63) is 91.2 Å². The lowest BCUT2D eigenvalue weighted by Crippen LogP contribution is -1.87. The summed E-state index contributed by atoms with van der Waals surface area (Å²) in [5.74, 6) is 0. The molecule has 0 atom stereocenters. The Bertz CT molecular complexity index is 815. The number of hydrogen-bond acceptors (Lipinski definition) is 0. The minimum absolute atomic E-state index is 0.965. The zero-order chi connectivity index (χ0) is 16.3. The Morgan fingerprint density at radius 2 is 1.64 bits per heavy atom. The van der Waals surface area contributed by atoms with E-state index in [1.54, 1.807) is 12.2 Å². The van der Waals surface area contributed by atoms with E-state index in [0.29, 0.717) is 0 Å². The molecule has 0 spiro atoms. The maximum absolute atomic E-state index is 3.95. The van der Waals surface area contributed by atoms with E-state index >= 15 is 0 Å². The van der Waals surface area contributed by atoms with Crippen LogP contribution < -0.4 is 0 Å². The van der Waals surface area contributed by atoms with Crippen molar-refractivity contribution in [3.63, 3.8) is 0 Å². The van der Waals surface area contributed by atoms with Gasteiger partial charge in [0.05, 0.1) is 5.52 Å². The normalized spacial score (nSPS) is 10.0. The standard InChI is InChI=1S/C21H21N/c1-7-15(8-2)17(10-4)20-14(6)22-21-18(11-5)16(9-3)12-13-19(20)21/h7-13,22H,1-5H2,6H3. The van der Waals surface area contributed by atoms with Crippen LogP contribution in [0.2, 0.25) is 0 Å². The molecular formula is C21H21N. The zero-order valence-electron chi connectivity index (χ0n) is 13.1. The number of rotatable bonds is 6. The predicted molar refractivity (Wildman–Crippen MR) is 101 cm³/mol. The smallest absolute Gasteiger partial charge is 0.0541 e. The molecular weight excluding hydrogens is 266 g/mol. The van der Waals surface area contributed by atoms with Gasteiger partial charge in [0.1, 0.15) is 0 Å². The highest BCUT2D eigenvalue weighted by molar-refractivity contribution is 6.02. The summed E-state index contributed by atoms with van der Waals surface area (Å²) in [6.07, 6.45) is 9.15. The van der Waals surface area contributed by atoms with E-state index in [4.69, 9.17) is 0 Å². The third-order valence-electron chi connectivity index (χ3n) is 3.88. The second-order valence-electron chi connectivity index (χ2n) is 5.01. The molecule has 22 heavy (non-hydrogen) atoms. The summed E-state index contributed by atoms with van der Waals surface area (Å²) >= 11 is 0. The van der Waals surface area contributed by atoms with Gasteiger partial charge in [-0.05, 0) is 23.6 Å². The Morgan fingerprint density at radius 3 is 2.14 bits per heavy atom. The third kappa shape index (κ3) is 2.31. The average molecular weight is 287 g/mol. The molecule has 1 N–H and O–H groups in total. The first kappa shape index (κ1) is 15.6. The number of benzene rings is 1. The van der Waals surface area contributed by atoms with Crippen molar-refractivity contribution in [2.45, 2.75) is 6.92 Å². The van der Waals surface area contributed by atoms with Gasteiger partial charge in [-0.25, -0.2) is 0 Å². The number of allylic oxidation sites excluding steroid dienone is 5. The first-order valence-corrected chi connectivity index (χ1v) is 7.15. The van der Waals surface area contributed by atoms with Crippen molar-refractivity contribution in [1.82, 2.24) is 4.98 Å². The van der Waals surface area contributed by atoms with Crippen molar-refractivity contribution in [1.29, 1.82) is 0 Å².